The summed E-state index contributed by atoms with van der Waals surface area (Å²) in [7, 11) is 0. The van der Waals surface area contributed by atoms with E-state index in [1.165, 1.54) is 25.7 Å². The molecule has 1 atom stereocenters. The summed E-state index contributed by atoms with van der Waals surface area (Å²) in [6, 6.07) is 0.252. The fourth-order valence-electron chi connectivity index (χ4n) is 1.91. The summed E-state index contributed by atoms with van der Waals surface area (Å²) in [6.07, 6.45) is 5.27. The highest BCUT2D eigenvalue weighted by Gasteiger charge is 2.22. The Morgan fingerprint density at radius 1 is 1.27 bits per heavy atom. The van der Waals surface area contributed by atoms with E-state index in [0.29, 0.717) is 12.5 Å². The van der Waals surface area contributed by atoms with Crippen molar-refractivity contribution < 1.29 is 0 Å². The zero-order valence-corrected chi connectivity index (χ0v) is 7.42. The minimum Gasteiger partial charge on any atom is -0.329 e. The van der Waals surface area contributed by atoms with Gasteiger partial charge in [-0.2, -0.15) is 0 Å². The van der Waals surface area contributed by atoms with E-state index in [0.717, 1.165) is 5.92 Å². The van der Waals surface area contributed by atoms with Gasteiger partial charge in [0.15, 0.2) is 0 Å². The number of nitrogens with two attached hydrogens (primary N) is 2. The minimum absolute atomic E-state index is 0.252. The molecule has 2 nitrogen and oxygen atoms in total. The van der Waals surface area contributed by atoms with Crippen LogP contribution < -0.4 is 11.5 Å². The number of rotatable bonds is 2. The highest BCUT2D eigenvalue weighted by molar-refractivity contribution is 4.78. The number of hydrogen-bond acceptors (Lipinski definition) is 2. The van der Waals surface area contributed by atoms with Crippen LogP contribution in [0, 0.1) is 11.8 Å². The first-order valence-electron chi connectivity index (χ1n) is 4.69. The zero-order valence-electron chi connectivity index (χ0n) is 7.42. The molecule has 11 heavy (non-hydrogen) atoms. The Balaban J connectivity index is 2.27. The summed E-state index contributed by atoms with van der Waals surface area (Å²) in [5.74, 6) is 1.62. The maximum atomic E-state index is 5.87. The third-order valence-corrected chi connectivity index (χ3v) is 2.94. The van der Waals surface area contributed by atoms with E-state index in [1.807, 2.05) is 0 Å². The lowest BCUT2D eigenvalue weighted by molar-refractivity contribution is 0.257. The molecule has 0 aliphatic heterocycles. The lowest BCUT2D eigenvalue weighted by Crippen LogP contribution is -2.38. The van der Waals surface area contributed by atoms with Crippen molar-refractivity contribution in [2.24, 2.45) is 23.3 Å². The molecule has 1 fully saturated rings. The van der Waals surface area contributed by atoms with Crippen LogP contribution in [0.1, 0.15) is 32.6 Å². The molecule has 0 heterocycles. The predicted molar refractivity (Wildman–Crippen MR) is 48.2 cm³/mol. The molecular weight excluding hydrogens is 136 g/mol. The quantitative estimate of drug-likeness (QED) is 0.629. The van der Waals surface area contributed by atoms with Crippen molar-refractivity contribution in [2.75, 3.05) is 6.54 Å². The molecule has 1 unspecified atom stereocenters. The SMILES string of the molecule is CC1CCC(C(N)CN)CC1. The van der Waals surface area contributed by atoms with Gasteiger partial charge in [-0.15, -0.1) is 0 Å². The van der Waals surface area contributed by atoms with Crippen molar-refractivity contribution in [3.05, 3.63) is 0 Å². The van der Waals surface area contributed by atoms with E-state index in [9.17, 15) is 0 Å². The van der Waals surface area contributed by atoms with E-state index in [1.54, 1.807) is 0 Å². The van der Waals surface area contributed by atoms with Crippen LogP contribution in [0.15, 0.2) is 0 Å². The summed E-state index contributed by atoms with van der Waals surface area (Å²) in [5.41, 5.74) is 11.4. The molecule has 0 aromatic rings. The molecule has 4 N–H and O–H groups in total. The average Bonchev–Trinajstić information content (AvgIpc) is 2.05. The molecule has 0 amide bonds. The van der Waals surface area contributed by atoms with Crippen molar-refractivity contribution in [3.8, 4) is 0 Å². The Hall–Kier alpha value is -0.0800. The van der Waals surface area contributed by atoms with Gasteiger partial charge >= 0.3 is 0 Å². The van der Waals surface area contributed by atoms with Gasteiger partial charge in [0.05, 0.1) is 0 Å². The second kappa shape index (κ2) is 4.07. The van der Waals surface area contributed by atoms with Gasteiger partial charge in [-0.3, -0.25) is 0 Å². The maximum absolute atomic E-state index is 5.87. The Morgan fingerprint density at radius 2 is 1.82 bits per heavy atom. The number of hydrogen-bond donors (Lipinski definition) is 2. The van der Waals surface area contributed by atoms with E-state index >= 15 is 0 Å². The normalized spacial score (nSPS) is 35.2. The minimum atomic E-state index is 0.252. The second-order valence-corrected chi connectivity index (χ2v) is 3.92. The fourth-order valence-corrected chi connectivity index (χ4v) is 1.91. The van der Waals surface area contributed by atoms with Gasteiger partial charge < -0.3 is 11.5 Å². The van der Waals surface area contributed by atoms with Gasteiger partial charge in [-0.1, -0.05) is 19.8 Å². The summed E-state index contributed by atoms with van der Waals surface area (Å²) in [5, 5.41) is 0. The van der Waals surface area contributed by atoms with E-state index in [4.69, 9.17) is 11.5 Å². The van der Waals surface area contributed by atoms with Crippen molar-refractivity contribution in [2.45, 2.75) is 38.6 Å². The molecule has 0 saturated heterocycles. The standard InChI is InChI=1S/C9H20N2/c1-7-2-4-8(5-3-7)9(11)6-10/h7-9H,2-6,10-11H2,1H3. The monoisotopic (exact) mass is 156 g/mol. The average molecular weight is 156 g/mol. The molecule has 66 valence electrons. The smallest absolute Gasteiger partial charge is 0.0191 e. The molecular formula is C9H20N2. The fraction of sp³-hybridized carbons (Fsp3) is 1.00. The summed E-state index contributed by atoms with van der Waals surface area (Å²) >= 11 is 0. The predicted octanol–water partition coefficient (Wildman–Crippen LogP) is 1.10. The van der Waals surface area contributed by atoms with Crippen LogP contribution in [0.2, 0.25) is 0 Å². The topological polar surface area (TPSA) is 52.0 Å². The van der Waals surface area contributed by atoms with Crippen LogP contribution in [0.4, 0.5) is 0 Å². The summed E-state index contributed by atoms with van der Waals surface area (Å²) in [6.45, 7) is 2.98. The molecule has 0 radical (unpaired) electrons. The van der Waals surface area contributed by atoms with Gasteiger partial charge in [0, 0.05) is 12.6 Å². The van der Waals surface area contributed by atoms with Crippen molar-refractivity contribution in [1.82, 2.24) is 0 Å². The maximum Gasteiger partial charge on any atom is 0.0191 e. The molecule has 0 bridgehead atoms. The first-order chi connectivity index (χ1) is 5.24. The molecule has 0 aromatic carbocycles. The van der Waals surface area contributed by atoms with E-state index in [2.05, 4.69) is 6.92 Å². The lowest BCUT2D eigenvalue weighted by atomic mass is 9.79. The Kier molecular flexibility index (Phi) is 3.34. The Morgan fingerprint density at radius 3 is 2.27 bits per heavy atom. The lowest BCUT2D eigenvalue weighted by Gasteiger charge is -2.29. The second-order valence-electron chi connectivity index (χ2n) is 3.92. The molecule has 0 aromatic heterocycles. The molecule has 1 aliphatic rings. The van der Waals surface area contributed by atoms with Crippen LogP contribution in [-0.4, -0.2) is 12.6 Å². The van der Waals surface area contributed by atoms with Crippen LogP contribution in [0.3, 0.4) is 0 Å². The third kappa shape index (κ3) is 2.46. The Labute approximate surface area is 69.3 Å². The highest BCUT2D eigenvalue weighted by Crippen LogP contribution is 2.29. The zero-order chi connectivity index (χ0) is 8.27. The highest BCUT2D eigenvalue weighted by atomic mass is 14.7. The largest absolute Gasteiger partial charge is 0.329 e. The third-order valence-electron chi connectivity index (χ3n) is 2.94. The Bertz CT molecular complexity index is 106. The van der Waals surface area contributed by atoms with Gasteiger partial charge in [0.2, 0.25) is 0 Å². The molecule has 1 saturated carbocycles. The van der Waals surface area contributed by atoms with Crippen molar-refractivity contribution in [3.63, 3.8) is 0 Å². The summed E-state index contributed by atoms with van der Waals surface area (Å²) < 4.78 is 0. The molecule has 2 heteroatoms. The van der Waals surface area contributed by atoms with Crippen LogP contribution in [-0.2, 0) is 0 Å². The van der Waals surface area contributed by atoms with Crippen molar-refractivity contribution in [1.29, 1.82) is 0 Å². The molecule has 1 aliphatic carbocycles. The summed E-state index contributed by atoms with van der Waals surface area (Å²) in [4.78, 5) is 0. The van der Waals surface area contributed by atoms with Crippen molar-refractivity contribution >= 4 is 0 Å². The van der Waals surface area contributed by atoms with Gasteiger partial charge in [-0.25, -0.2) is 0 Å². The van der Waals surface area contributed by atoms with Gasteiger partial charge in [0.25, 0.3) is 0 Å². The van der Waals surface area contributed by atoms with Crippen LogP contribution >= 0.6 is 0 Å². The van der Waals surface area contributed by atoms with Gasteiger partial charge in [-0.05, 0) is 24.7 Å². The first kappa shape index (κ1) is 9.01. The molecule has 0 spiro atoms. The van der Waals surface area contributed by atoms with Gasteiger partial charge in [0.1, 0.15) is 0 Å². The van der Waals surface area contributed by atoms with E-state index in [-0.39, 0.29) is 6.04 Å². The van der Waals surface area contributed by atoms with E-state index < -0.39 is 0 Å². The molecule has 1 rings (SSSR count). The first-order valence-corrected chi connectivity index (χ1v) is 4.69. The van der Waals surface area contributed by atoms with Crippen LogP contribution in [0.5, 0.6) is 0 Å². The van der Waals surface area contributed by atoms with Crippen LogP contribution in [0.25, 0.3) is 0 Å².